The van der Waals surface area contributed by atoms with Crippen LogP contribution in [0, 0.1) is 0 Å². The molecule has 0 aliphatic carbocycles. The number of hydrogen-bond donors (Lipinski definition) is 0. The minimum absolute atomic E-state index is 0.112. The Balaban J connectivity index is 1.73. The topological polar surface area (TPSA) is 60.2 Å². The summed E-state index contributed by atoms with van der Waals surface area (Å²) in [6, 6.07) is 7.88. The van der Waals surface area contributed by atoms with Crippen molar-refractivity contribution in [2.45, 2.75) is 31.7 Å². The van der Waals surface area contributed by atoms with Crippen molar-refractivity contribution >= 4 is 5.91 Å². The van der Waals surface area contributed by atoms with Gasteiger partial charge in [-0.3, -0.25) is 9.36 Å². The first-order chi connectivity index (χ1) is 11.3. The molecule has 0 bridgehead atoms. The summed E-state index contributed by atoms with van der Waals surface area (Å²) >= 11 is 0. The Kier molecular flexibility index (Phi) is 5.02. The molecule has 0 radical (unpaired) electrons. The van der Waals surface area contributed by atoms with Crippen LogP contribution in [0.15, 0.2) is 36.9 Å². The van der Waals surface area contributed by atoms with Gasteiger partial charge in [0.25, 0.3) is 5.91 Å². The second-order valence-corrected chi connectivity index (χ2v) is 5.85. The number of ether oxygens (including phenoxy) is 1. The van der Waals surface area contributed by atoms with Crippen molar-refractivity contribution in [3.05, 3.63) is 42.5 Å². The van der Waals surface area contributed by atoms with Crippen molar-refractivity contribution < 1.29 is 9.53 Å². The van der Waals surface area contributed by atoms with Crippen molar-refractivity contribution in [1.82, 2.24) is 19.7 Å². The molecule has 1 aliphatic heterocycles. The Hall–Kier alpha value is -2.21. The number of carbonyl (C=O) groups excluding carboxylic acids is 1. The van der Waals surface area contributed by atoms with Crippen LogP contribution in [0.3, 0.4) is 0 Å². The van der Waals surface area contributed by atoms with E-state index in [-0.39, 0.29) is 11.9 Å². The average Bonchev–Trinajstić information content (AvgIpc) is 3.14. The summed E-state index contributed by atoms with van der Waals surface area (Å²) in [5, 5.41) is 7.59. The van der Waals surface area contributed by atoms with Crippen LogP contribution in [0.4, 0.5) is 0 Å². The number of rotatable bonds is 5. The summed E-state index contributed by atoms with van der Waals surface area (Å²) < 4.78 is 7.00. The molecule has 1 fully saturated rings. The number of hydrogen-bond acceptors (Lipinski definition) is 4. The molecule has 0 N–H and O–H groups in total. The molecule has 0 saturated carbocycles. The van der Waals surface area contributed by atoms with Gasteiger partial charge in [-0.25, -0.2) is 0 Å². The number of carbonyl (C=O) groups is 1. The number of piperidine rings is 1. The number of aromatic nitrogens is 3. The van der Waals surface area contributed by atoms with Gasteiger partial charge in [0.15, 0.2) is 0 Å². The zero-order chi connectivity index (χ0) is 16.1. The quantitative estimate of drug-likeness (QED) is 0.849. The standard InChI is InChI=1S/C17H22N4O2/c1-23-11-9-16-4-2-3-10-21(16)17(22)14-5-7-15(8-6-14)20-12-18-19-13-20/h5-8,12-13,16H,2-4,9-11H2,1H3/t16-/m0/s1. The van der Waals surface area contributed by atoms with E-state index in [2.05, 4.69) is 10.2 Å². The van der Waals surface area contributed by atoms with E-state index in [1.54, 1.807) is 19.8 Å². The SMILES string of the molecule is COCC[C@@H]1CCCCN1C(=O)c1ccc(-n2cnnc2)cc1. The predicted molar refractivity (Wildman–Crippen MR) is 86.5 cm³/mol. The van der Waals surface area contributed by atoms with Gasteiger partial charge >= 0.3 is 0 Å². The molecule has 122 valence electrons. The van der Waals surface area contributed by atoms with Crippen LogP contribution < -0.4 is 0 Å². The molecular formula is C17H22N4O2. The fourth-order valence-corrected chi connectivity index (χ4v) is 3.10. The number of likely N-dealkylation sites (tertiary alicyclic amines) is 1. The summed E-state index contributed by atoms with van der Waals surface area (Å²) in [5.74, 6) is 0.112. The van der Waals surface area contributed by atoms with Gasteiger partial charge in [0, 0.05) is 37.6 Å². The van der Waals surface area contributed by atoms with Crippen LogP contribution >= 0.6 is 0 Å². The van der Waals surface area contributed by atoms with Crippen molar-refractivity contribution in [1.29, 1.82) is 0 Å². The maximum Gasteiger partial charge on any atom is 0.254 e. The number of methoxy groups -OCH3 is 1. The Morgan fingerprint density at radius 1 is 1.22 bits per heavy atom. The molecule has 2 heterocycles. The highest BCUT2D eigenvalue weighted by molar-refractivity contribution is 5.94. The normalized spacial score (nSPS) is 18.1. The van der Waals surface area contributed by atoms with E-state index < -0.39 is 0 Å². The Morgan fingerprint density at radius 2 is 1.96 bits per heavy atom. The lowest BCUT2D eigenvalue weighted by Gasteiger charge is -2.36. The summed E-state index contributed by atoms with van der Waals surface area (Å²) in [7, 11) is 1.71. The molecule has 23 heavy (non-hydrogen) atoms. The third kappa shape index (κ3) is 3.59. The molecule has 6 heteroatoms. The maximum atomic E-state index is 12.8. The average molecular weight is 314 g/mol. The fraction of sp³-hybridized carbons (Fsp3) is 0.471. The van der Waals surface area contributed by atoms with Crippen LogP contribution in [-0.4, -0.2) is 51.9 Å². The van der Waals surface area contributed by atoms with E-state index in [1.165, 1.54) is 6.42 Å². The second kappa shape index (κ2) is 7.37. The minimum Gasteiger partial charge on any atom is -0.385 e. The first-order valence-electron chi connectivity index (χ1n) is 8.04. The van der Waals surface area contributed by atoms with E-state index in [4.69, 9.17) is 4.74 Å². The third-order valence-electron chi connectivity index (χ3n) is 4.37. The highest BCUT2D eigenvalue weighted by atomic mass is 16.5. The van der Waals surface area contributed by atoms with Crippen LogP contribution in [-0.2, 0) is 4.74 Å². The van der Waals surface area contributed by atoms with Gasteiger partial charge in [0.1, 0.15) is 12.7 Å². The van der Waals surface area contributed by atoms with E-state index in [0.29, 0.717) is 6.61 Å². The molecule has 1 saturated heterocycles. The van der Waals surface area contributed by atoms with E-state index in [9.17, 15) is 4.79 Å². The van der Waals surface area contributed by atoms with Gasteiger partial charge in [0.2, 0.25) is 0 Å². The monoisotopic (exact) mass is 314 g/mol. The smallest absolute Gasteiger partial charge is 0.254 e. The molecule has 1 amide bonds. The lowest BCUT2D eigenvalue weighted by atomic mass is 9.98. The summed E-state index contributed by atoms with van der Waals surface area (Å²) in [6.45, 7) is 1.53. The van der Waals surface area contributed by atoms with Crippen LogP contribution in [0.2, 0.25) is 0 Å². The molecule has 6 nitrogen and oxygen atoms in total. The largest absolute Gasteiger partial charge is 0.385 e. The third-order valence-corrected chi connectivity index (χ3v) is 4.37. The van der Waals surface area contributed by atoms with Gasteiger partial charge in [-0.2, -0.15) is 0 Å². The highest BCUT2D eigenvalue weighted by Crippen LogP contribution is 2.22. The second-order valence-electron chi connectivity index (χ2n) is 5.85. The Labute approximate surface area is 136 Å². The molecule has 2 aromatic rings. The Bertz CT molecular complexity index is 625. The van der Waals surface area contributed by atoms with E-state index in [1.807, 2.05) is 33.7 Å². The van der Waals surface area contributed by atoms with Crippen LogP contribution in [0.25, 0.3) is 5.69 Å². The lowest BCUT2D eigenvalue weighted by Crippen LogP contribution is -2.44. The molecule has 0 spiro atoms. The fourth-order valence-electron chi connectivity index (χ4n) is 3.10. The predicted octanol–water partition coefficient (Wildman–Crippen LogP) is 2.30. The first-order valence-corrected chi connectivity index (χ1v) is 8.04. The molecule has 1 aliphatic rings. The zero-order valence-electron chi connectivity index (χ0n) is 13.4. The van der Waals surface area contributed by atoms with Crippen LogP contribution in [0.1, 0.15) is 36.0 Å². The van der Waals surface area contributed by atoms with Gasteiger partial charge in [-0.05, 0) is 49.9 Å². The van der Waals surface area contributed by atoms with Crippen molar-refractivity contribution in [2.75, 3.05) is 20.3 Å². The summed E-state index contributed by atoms with van der Waals surface area (Å²) in [4.78, 5) is 14.8. The van der Waals surface area contributed by atoms with Gasteiger partial charge in [-0.1, -0.05) is 0 Å². The summed E-state index contributed by atoms with van der Waals surface area (Å²) in [5.41, 5.74) is 1.67. The van der Waals surface area contributed by atoms with Crippen molar-refractivity contribution in [3.63, 3.8) is 0 Å². The van der Waals surface area contributed by atoms with Crippen molar-refractivity contribution in [2.24, 2.45) is 0 Å². The van der Waals surface area contributed by atoms with E-state index >= 15 is 0 Å². The molecule has 0 unspecified atom stereocenters. The zero-order valence-corrected chi connectivity index (χ0v) is 13.4. The number of amides is 1. The minimum atomic E-state index is 0.112. The number of benzene rings is 1. The lowest BCUT2D eigenvalue weighted by molar-refractivity contribution is 0.0553. The van der Waals surface area contributed by atoms with Gasteiger partial charge in [0.05, 0.1) is 0 Å². The van der Waals surface area contributed by atoms with E-state index in [0.717, 1.165) is 37.1 Å². The maximum absolute atomic E-state index is 12.8. The van der Waals surface area contributed by atoms with Gasteiger partial charge in [-0.15, -0.1) is 10.2 Å². The molecule has 3 rings (SSSR count). The highest BCUT2D eigenvalue weighted by Gasteiger charge is 2.27. The molecular weight excluding hydrogens is 292 g/mol. The molecule has 1 aromatic heterocycles. The molecule has 1 atom stereocenters. The van der Waals surface area contributed by atoms with Crippen molar-refractivity contribution in [3.8, 4) is 5.69 Å². The molecule has 1 aromatic carbocycles. The Morgan fingerprint density at radius 3 is 2.65 bits per heavy atom. The van der Waals surface area contributed by atoms with Gasteiger partial charge < -0.3 is 9.64 Å². The first kappa shape index (κ1) is 15.7. The summed E-state index contributed by atoms with van der Waals surface area (Å²) in [6.07, 6.45) is 7.51. The van der Waals surface area contributed by atoms with Crippen LogP contribution in [0.5, 0.6) is 0 Å². The number of nitrogens with zero attached hydrogens (tertiary/aromatic N) is 4.